The normalized spacial score (nSPS) is 14.8. The number of hydrogen-bond acceptors (Lipinski definition) is 4. The minimum atomic E-state index is -0.535. The van der Waals surface area contributed by atoms with Crippen LogP contribution in [-0.4, -0.2) is 44.7 Å². The van der Waals surface area contributed by atoms with Crippen LogP contribution in [0.15, 0.2) is 48.7 Å². The summed E-state index contributed by atoms with van der Waals surface area (Å²) in [7, 11) is 0. The number of anilines is 1. The SMILES string of the molecule is CC/C=C(/C=C\c1ncc(NC(C)=O)[nH]1)c1cc(C(=O)NCc2cc(C(=O)N3CCCC3(C)C)ccc2F)c(C)cc1F. The summed E-state index contributed by atoms with van der Waals surface area (Å²) < 4.78 is 29.9. The number of halogens is 2. The molecule has 1 aliphatic heterocycles. The van der Waals surface area contributed by atoms with Crippen LogP contribution in [0.3, 0.4) is 0 Å². The molecule has 0 aliphatic carbocycles. The molecule has 3 amide bonds. The standard InChI is InChI=1S/C33H37F2N5O3/c1-6-8-22(10-12-29-36-19-30(39-29)38-21(3)41)26-17-25(20(2)15-28(26)35)31(42)37-18-24-16-23(9-11-27(24)34)32(43)40-14-7-13-33(40,4)5/h8-12,15-17,19H,6-7,13-14,18H2,1-5H3,(H,36,39)(H,37,42)(H,38,41)/b12-10-,22-8-. The third-order valence-electron chi connectivity index (χ3n) is 7.50. The molecule has 2 heterocycles. The van der Waals surface area contributed by atoms with Gasteiger partial charge in [0, 0.05) is 47.8 Å². The van der Waals surface area contributed by atoms with E-state index in [0.29, 0.717) is 41.3 Å². The number of likely N-dealkylation sites (tertiary alicyclic amines) is 1. The van der Waals surface area contributed by atoms with E-state index in [-0.39, 0.29) is 40.6 Å². The topological polar surface area (TPSA) is 107 Å². The highest BCUT2D eigenvalue weighted by Crippen LogP contribution is 2.30. The average Bonchev–Trinajstić information content (AvgIpc) is 3.54. The number of allylic oxidation sites excluding steroid dienone is 3. The summed E-state index contributed by atoms with van der Waals surface area (Å²) in [5.41, 5.74) is 1.69. The molecule has 3 aromatic rings. The predicted octanol–water partition coefficient (Wildman–Crippen LogP) is 6.41. The molecule has 0 bridgehead atoms. The van der Waals surface area contributed by atoms with Crippen LogP contribution in [-0.2, 0) is 11.3 Å². The summed E-state index contributed by atoms with van der Waals surface area (Å²) in [6, 6.07) is 6.95. The Bertz CT molecular complexity index is 1610. The molecule has 1 aromatic heterocycles. The molecule has 8 nitrogen and oxygen atoms in total. The third kappa shape index (κ3) is 7.43. The maximum atomic E-state index is 15.2. The Hall–Kier alpha value is -4.60. The van der Waals surface area contributed by atoms with Gasteiger partial charge in [-0.3, -0.25) is 14.4 Å². The van der Waals surface area contributed by atoms with Gasteiger partial charge in [-0.05, 0) is 87.6 Å². The average molecular weight is 590 g/mol. The number of imidazole rings is 1. The van der Waals surface area contributed by atoms with Crippen LogP contribution in [0.4, 0.5) is 14.6 Å². The van der Waals surface area contributed by atoms with Crippen molar-refractivity contribution in [3.63, 3.8) is 0 Å². The van der Waals surface area contributed by atoms with Crippen LogP contribution in [0.2, 0.25) is 0 Å². The quantitative estimate of drug-likeness (QED) is 0.251. The second-order valence-corrected chi connectivity index (χ2v) is 11.3. The monoisotopic (exact) mass is 589 g/mol. The number of hydrogen-bond donors (Lipinski definition) is 3. The lowest BCUT2D eigenvalue weighted by Gasteiger charge is -2.31. The molecule has 0 radical (unpaired) electrons. The van der Waals surface area contributed by atoms with Gasteiger partial charge in [0.2, 0.25) is 5.91 Å². The number of H-pyrrole nitrogens is 1. The van der Waals surface area contributed by atoms with Gasteiger partial charge in [0.25, 0.3) is 11.8 Å². The van der Waals surface area contributed by atoms with E-state index < -0.39 is 17.5 Å². The Morgan fingerprint density at radius 2 is 1.88 bits per heavy atom. The number of carbonyl (C=O) groups excluding carboxylic acids is 3. The van der Waals surface area contributed by atoms with Crippen molar-refractivity contribution < 1.29 is 23.2 Å². The summed E-state index contributed by atoms with van der Waals surface area (Å²) >= 11 is 0. The second kappa shape index (κ2) is 13.1. The van der Waals surface area contributed by atoms with Crippen LogP contribution >= 0.6 is 0 Å². The highest BCUT2D eigenvalue weighted by atomic mass is 19.1. The molecule has 43 heavy (non-hydrogen) atoms. The molecule has 0 spiro atoms. The molecule has 1 saturated heterocycles. The smallest absolute Gasteiger partial charge is 0.254 e. The summed E-state index contributed by atoms with van der Waals surface area (Å²) in [4.78, 5) is 46.6. The Labute approximate surface area is 250 Å². The maximum Gasteiger partial charge on any atom is 0.254 e. The Morgan fingerprint density at radius 1 is 1.12 bits per heavy atom. The lowest BCUT2D eigenvalue weighted by Crippen LogP contribution is -2.42. The highest BCUT2D eigenvalue weighted by molar-refractivity contribution is 5.97. The van der Waals surface area contributed by atoms with Gasteiger partial charge in [-0.15, -0.1) is 0 Å². The number of aromatic nitrogens is 2. The molecule has 2 aromatic carbocycles. The van der Waals surface area contributed by atoms with Crippen LogP contribution in [0.5, 0.6) is 0 Å². The van der Waals surface area contributed by atoms with Gasteiger partial charge >= 0.3 is 0 Å². The minimum Gasteiger partial charge on any atom is -0.348 e. The third-order valence-corrected chi connectivity index (χ3v) is 7.50. The van der Waals surface area contributed by atoms with Crippen LogP contribution < -0.4 is 10.6 Å². The van der Waals surface area contributed by atoms with E-state index in [2.05, 4.69) is 20.6 Å². The van der Waals surface area contributed by atoms with Crippen LogP contribution in [0.25, 0.3) is 11.6 Å². The maximum absolute atomic E-state index is 15.2. The van der Waals surface area contributed by atoms with E-state index in [9.17, 15) is 18.8 Å². The molecule has 0 saturated carbocycles. The zero-order valence-corrected chi connectivity index (χ0v) is 25.1. The first-order chi connectivity index (χ1) is 20.4. The first-order valence-corrected chi connectivity index (χ1v) is 14.3. The first kappa shape index (κ1) is 31.3. The molecular weight excluding hydrogens is 552 g/mol. The van der Waals surface area contributed by atoms with Crippen molar-refractivity contribution in [2.24, 2.45) is 0 Å². The summed E-state index contributed by atoms with van der Waals surface area (Å²) in [5.74, 6) is -1.06. The van der Waals surface area contributed by atoms with Crippen molar-refractivity contribution in [2.75, 3.05) is 11.9 Å². The molecule has 0 atom stereocenters. The molecule has 1 fully saturated rings. The molecule has 1 aliphatic rings. The number of benzene rings is 2. The largest absolute Gasteiger partial charge is 0.348 e. The van der Waals surface area contributed by atoms with Crippen LogP contribution in [0.1, 0.15) is 90.2 Å². The van der Waals surface area contributed by atoms with Crippen molar-refractivity contribution in [1.82, 2.24) is 20.2 Å². The number of nitrogens with zero attached hydrogens (tertiary/aromatic N) is 2. The van der Waals surface area contributed by atoms with Gasteiger partial charge in [-0.1, -0.05) is 19.1 Å². The summed E-state index contributed by atoms with van der Waals surface area (Å²) in [5, 5.41) is 5.33. The number of amides is 3. The molecular formula is C33H37F2N5O3. The van der Waals surface area contributed by atoms with Gasteiger partial charge in [0.1, 0.15) is 23.3 Å². The van der Waals surface area contributed by atoms with E-state index in [0.717, 1.165) is 12.8 Å². The van der Waals surface area contributed by atoms with Crippen molar-refractivity contribution in [3.05, 3.63) is 94.0 Å². The van der Waals surface area contributed by atoms with Gasteiger partial charge in [-0.25, -0.2) is 13.8 Å². The van der Waals surface area contributed by atoms with Gasteiger partial charge in [0.05, 0.1) is 6.20 Å². The van der Waals surface area contributed by atoms with Crippen LogP contribution in [0, 0.1) is 18.6 Å². The Balaban J connectivity index is 1.53. The van der Waals surface area contributed by atoms with Gasteiger partial charge in [0.15, 0.2) is 0 Å². The first-order valence-electron chi connectivity index (χ1n) is 14.3. The zero-order valence-electron chi connectivity index (χ0n) is 25.1. The van der Waals surface area contributed by atoms with E-state index >= 15 is 4.39 Å². The Kier molecular flexibility index (Phi) is 9.58. The lowest BCUT2D eigenvalue weighted by molar-refractivity contribution is -0.114. The van der Waals surface area contributed by atoms with Crippen molar-refractivity contribution in [1.29, 1.82) is 0 Å². The molecule has 226 valence electrons. The molecule has 10 heteroatoms. The number of rotatable bonds is 9. The lowest BCUT2D eigenvalue weighted by atomic mass is 9.97. The number of nitrogens with one attached hydrogen (secondary N) is 3. The Morgan fingerprint density at radius 3 is 2.56 bits per heavy atom. The number of aryl methyl sites for hydroxylation is 1. The van der Waals surface area contributed by atoms with E-state index in [4.69, 9.17) is 0 Å². The molecule has 4 rings (SSSR count). The second-order valence-electron chi connectivity index (χ2n) is 11.3. The fourth-order valence-corrected chi connectivity index (χ4v) is 5.22. The fraction of sp³-hybridized carbons (Fsp3) is 0.333. The molecule has 0 unspecified atom stereocenters. The van der Waals surface area contributed by atoms with E-state index in [1.165, 1.54) is 43.5 Å². The van der Waals surface area contributed by atoms with Gasteiger partial charge in [-0.2, -0.15) is 0 Å². The number of aromatic amines is 1. The predicted molar refractivity (Wildman–Crippen MR) is 163 cm³/mol. The van der Waals surface area contributed by atoms with E-state index in [1.807, 2.05) is 26.8 Å². The van der Waals surface area contributed by atoms with E-state index in [1.54, 1.807) is 24.0 Å². The van der Waals surface area contributed by atoms with Crippen molar-refractivity contribution in [2.45, 2.75) is 66.0 Å². The highest BCUT2D eigenvalue weighted by Gasteiger charge is 2.35. The minimum absolute atomic E-state index is 0.145. The van der Waals surface area contributed by atoms with Crippen molar-refractivity contribution in [3.8, 4) is 0 Å². The summed E-state index contributed by atoms with van der Waals surface area (Å²) in [6.07, 6.45) is 9.03. The molecule has 3 N–H and O–H groups in total. The van der Waals surface area contributed by atoms with Gasteiger partial charge < -0.3 is 20.5 Å². The summed E-state index contributed by atoms with van der Waals surface area (Å²) in [6.45, 7) is 9.45. The fourth-order valence-electron chi connectivity index (χ4n) is 5.22. The van der Waals surface area contributed by atoms with Crippen molar-refractivity contribution >= 4 is 35.2 Å². The zero-order chi connectivity index (χ0) is 31.3. The number of carbonyl (C=O) groups is 3.